The molecule has 0 N–H and O–H groups in total. The third kappa shape index (κ3) is 2.81. The molecule has 0 radical (unpaired) electrons. The van der Waals surface area contributed by atoms with Crippen molar-refractivity contribution >= 4 is 22.4 Å². The van der Waals surface area contributed by atoms with Crippen LogP contribution in [0.15, 0.2) is 60.8 Å². The molecule has 1 unspecified atom stereocenters. The number of methoxy groups -OCH3 is 1. The van der Waals surface area contributed by atoms with Gasteiger partial charge in [0.05, 0.1) is 12.6 Å². The molecule has 4 heteroatoms. The number of hydrogen-bond acceptors (Lipinski definition) is 3. The molecule has 3 nitrogen and oxygen atoms in total. The molecule has 0 spiro atoms. The maximum absolute atomic E-state index is 14.2. The SMILES string of the molecule is COC(=O)C1(c2cccc(F)c2C)C=C(c2ccc3ncccc3c2)CC1. The second-order valence-electron chi connectivity index (χ2n) is 6.96. The predicted molar refractivity (Wildman–Crippen MR) is 104 cm³/mol. The lowest BCUT2D eigenvalue weighted by atomic mass is 9.77. The summed E-state index contributed by atoms with van der Waals surface area (Å²) < 4.78 is 19.3. The molecule has 0 saturated carbocycles. The smallest absolute Gasteiger partial charge is 0.320 e. The van der Waals surface area contributed by atoms with Crippen LogP contribution in [0.5, 0.6) is 0 Å². The van der Waals surface area contributed by atoms with E-state index < -0.39 is 5.41 Å². The monoisotopic (exact) mass is 361 g/mol. The number of carbonyl (C=O) groups is 1. The van der Waals surface area contributed by atoms with Gasteiger partial charge in [-0.05, 0) is 66.3 Å². The molecule has 1 aliphatic carbocycles. The van der Waals surface area contributed by atoms with Crippen molar-refractivity contribution in [3.63, 3.8) is 0 Å². The van der Waals surface area contributed by atoms with E-state index in [9.17, 15) is 9.18 Å². The Balaban J connectivity index is 1.85. The van der Waals surface area contributed by atoms with Crippen LogP contribution in [-0.2, 0) is 14.9 Å². The number of allylic oxidation sites excluding steroid dienone is 1. The summed E-state index contributed by atoms with van der Waals surface area (Å²) in [5, 5.41) is 1.05. The van der Waals surface area contributed by atoms with E-state index in [1.165, 1.54) is 13.2 Å². The quantitative estimate of drug-likeness (QED) is 0.618. The fourth-order valence-electron chi connectivity index (χ4n) is 4.03. The van der Waals surface area contributed by atoms with Crippen molar-refractivity contribution in [1.29, 1.82) is 0 Å². The summed E-state index contributed by atoms with van der Waals surface area (Å²) in [6, 6.07) is 14.9. The normalized spacial score (nSPS) is 19.1. The largest absolute Gasteiger partial charge is 0.468 e. The number of ether oxygens (including phenoxy) is 1. The van der Waals surface area contributed by atoms with Crippen molar-refractivity contribution in [2.24, 2.45) is 0 Å². The fraction of sp³-hybridized carbons (Fsp3) is 0.217. The van der Waals surface area contributed by atoms with E-state index in [4.69, 9.17) is 4.74 Å². The second-order valence-corrected chi connectivity index (χ2v) is 6.96. The van der Waals surface area contributed by atoms with Crippen LogP contribution in [0.25, 0.3) is 16.5 Å². The van der Waals surface area contributed by atoms with Crippen LogP contribution in [0.1, 0.15) is 29.5 Å². The van der Waals surface area contributed by atoms with E-state index >= 15 is 0 Å². The molecule has 0 aliphatic heterocycles. The average molecular weight is 361 g/mol. The third-order valence-electron chi connectivity index (χ3n) is 5.48. The number of benzene rings is 2. The van der Waals surface area contributed by atoms with Gasteiger partial charge in [0.25, 0.3) is 0 Å². The summed E-state index contributed by atoms with van der Waals surface area (Å²) in [6.07, 6.45) is 5.01. The number of hydrogen-bond donors (Lipinski definition) is 0. The summed E-state index contributed by atoms with van der Waals surface area (Å²) in [4.78, 5) is 17.1. The molecule has 0 saturated heterocycles. The van der Waals surface area contributed by atoms with E-state index in [1.807, 2.05) is 36.4 Å². The van der Waals surface area contributed by atoms with Gasteiger partial charge in [-0.15, -0.1) is 0 Å². The van der Waals surface area contributed by atoms with Crippen molar-refractivity contribution in [3.8, 4) is 0 Å². The zero-order valence-corrected chi connectivity index (χ0v) is 15.3. The maximum atomic E-state index is 14.2. The molecule has 1 heterocycles. The van der Waals surface area contributed by atoms with Crippen LogP contribution in [-0.4, -0.2) is 18.1 Å². The van der Waals surface area contributed by atoms with E-state index in [2.05, 4.69) is 11.1 Å². The first-order valence-electron chi connectivity index (χ1n) is 8.96. The molecule has 4 rings (SSSR count). The first-order chi connectivity index (χ1) is 13.0. The molecular formula is C23H20FNO2. The van der Waals surface area contributed by atoms with Crippen LogP contribution >= 0.6 is 0 Å². The zero-order chi connectivity index (χ0) is 19.0. The van der Waals surface area contributed by atoms with Gasteiger partial charge >= 0.3 is 5.97 Å². The van der Waals surface area contributed by atoms with Crippen LogP contribution in [0.3, 0.4) is 0 Å². The Morgan fingerprint density at radius 1 is 1.19 bits per heavy atom. The Morgan fingerprint density at radius 2 is 2.04 bits per heavy atom. The highest BCUT2D eigenvalue weighted by atomic mass is 19.1. The lowest BCUT2D eigenvalue weighted by Gasteiger charge is -2.26. The molecule has 0 fully saturated rings. The molecule has 1 aliphatic rings. The Labute approximate surface area is 157 Å². The van der Waals surface area contributed by atoms with Gasteiger partial charge in [0.2, 0.25) is 0 Å². The van der Waals surface area contributed by atoms with Crippen LogP contribution in [0, 0.1) is 12.7 Å². The minimum atomic E-state index is -0.958. The third-order valence-corrected chi connectivity index (χ3v) is 5.48. The number of esters is 1. The topological polar surface area (TPSA) is 39.2 Å². The Hall–Kier alpha value is -3.01. The van der Waals surface area contributed by atoms with Gasteiger partial charge in [-0.1, -0.05) is 30.3 Å². The number of nitrogens with zero attached hydrogens (tertiary/aromatic N) is 1. The molecule has 3 aromatic rings. The van der Waals surface area contributed by atoms with Crippen molar-refractivity contribution < 1.29 is 13.9 Å². The maximum Gasteiger partial charge on any atom is 0.320 e. The molecule has 0 bridgehead atoms. The summed E-state index contributed by atoms with van der Waals surface area (Å²) in [6.45, 7) is 1.71. The molecule has 1 aromatic heterocycles. The zero-order valence-electron chi connectivity index (χ0n) is 15.3. The van der Waals surface area contributed by atoms with E-state index in [0.717, 1.165) is 28.5 Å². The van der Waals surface area contributed by atoms with Crippen LogP contribution < -0.4 is 0 Å². The van der Waals surface area contributed by atoms with Crippen LogP contribution in [0.4, 0.5) is 4.39 Å². The summed E-state index contributed by atoms with van der Waals surface area (Å²) >= 11 is 0. The van der Waals surface area contributed by atoms with Crippen LogP contribution in [0.2, 0.25) is 0 Å². The fourth-order valence-corrected chi connectivity index (χ4v) is 4.03. The lowest BCUT2D eigenvalue weighted by molar-refractivity contribution is -0.145. The van der Waals surface area contributed by atoms with Crippen molar-refractivity contribution in [1.82, 2.24) is 4.98 Å². The standard InChI is InChI=1S/C23H20FNO2/c1-15-19(6-3-7-20(15)24)23(22(26)27-2)11-10-18(14-23)16-8-9-21-17(13-16)5-4-12-25-21/h3-9,12-14H,10-11H2,1-2H3. The number of pyridine rings is 1. The van der Waals surface area contributed by atoms with Gasteiger partial charge in [0.1, 0.15) is 11.2 Å². The Kier molecular flexibility index (Phi) is 4.27. The molecular weight excluding hydrogens is 341 g/mol. The summed E-state index contributed by atoms with van der Waals surface area (Å²) in [5.74, 6) is -0.664. The number of halogens is 1. The van der Waals surface area contributed by atoms with Gasteiger partial charge in [0, 0.05) is 11.6 Å². The number of fused-ring (bicyclic) bond motifs is 1. The van der Waals surface area contributed by atoms with Crippen molar-refractivity contribution in [2.45, 2.75) is 25.2 Å². The highest BCUT2D eigenvalue weighted by Crippen LogP contribution is 2.45. The predicted octanol–water partition coefficient (Wildman–Crippen LogP) is 4.97. The number of rotatable bonds is 3. The highest BCUT2D eigenvalue weighted by Gasteiger charge is 2.44. The molecule has 2 aromatic carbocycles. The number of carbonyl (C=O) groups excluding carboxylic acids is 1. The van der Waals surface area contributed by atoms with Crippen molar-refractivity contribution in [2.75, 3.05) is 7.11 Å². The first-order valence-corrected chi connectivity index (χ1v) is 8.96. The number of aromatic nitrogens is 1. The molecule has 0 amide bonds. The molecule has 1 atom stereocenters. The minimum Gasteiger partial charge on any atom is -0.468 e. The molecule has 27 heavy (non-hydrogen) atoms. The van der Waals surface area contributed by atoms with Gasteiger partial charge in [0.15, 0.2) is 0 Å². The van der Waals surface area contributed by atoms with E-state index in [-0.39, 0.29) is 11.8 Å². The second kappa shape index (κ2) is 6.62. The lowest BCUT2D eigenvalue weighted by Crippen LogP contribution is -2.34. The van der Waals surface area contributed by atoms with Gasteiger partial charge in [-0.2, -0.15) is 0 Å². The minimum absolute atomic E-state index is 0.311. The van der Waals surface area contributed by atoms with Crippen molar-refractivity contribution in [3.05, 3.63) is 83.3 Å². The Bertz CT molecular complexity index is 1070. The van der Waals surface area contributed by atoms with Gasteiger partial charge < -0.3 is 4.74 Å². The van der Waals surface area contributed by atoms with Gasteiger partial charge in [-0.3, -0.25) is 9.78 Å². The average Bonchev–Trinajstić information content (AvgIpc) is 3.15. The molecule has 136 valence electrons. The van der Waals surface area contributed by atoms with E-state index in [1.54, 1.807) is 19.2 Å². The van der Waals surface area contributed by atoms with Gasteiger partial charge in [-0.25, -0.2) is 4.39 Å². The summed E-state index contributed by atoms with van der Waals surface area (Å²) in [7, 11) is 1.38. The van der Waals surface area contributed by atoms with E-state index in [0.29, 0.717) is 17.5 Å². The summed E-state index contributed by atoms with van der Waals surface area (Å²) in [5.41, 5.74) is 3.25. The first kappa shape index (κ1) is 17.4. The Morgan fingerprint density at radius 3 is 2.85 bits per heavy atom. The highest BCUT2D eigenvalue weighted by molar-refractivity contribution is 5.92.